The normalized spacial score (nSPS) is 10.6. The van der Waals surface area contributed by atoms with Gasteiger partial charge in [0.1, 0.15) is 5.76 Å². The number of hydrogen-bond acceptors (Lipinski definition) is 3. The molecule has 0 atom stereocenters. The maximum atomic E-state index is 5.59. The molecule has 3 nitrogen and oxygen atoms in total. The first-order chi connectivity index (χ1) is 8.38. The van der Waals surface area contributed by atoms with Gasteiger partial charge in [0.15, 0.2) is 0 Å². The number of rotatable bonds is 6. The van der Waals surface area contributed by atoms with Crippen LogP contribution in [0.4, 0.5) is 0 Å². The molecule has 1 aromatic heterocycles. The number of benzene rings is 1. The highest BCUT2D eigenvalue weighted by atomic mass is 16.4. The van der Waals surface area contributed by atoms with Gasteiger partial charge in [-0.05, 0) is 25.5 Å². The van der Waals surface area contributed by atoms with Gasteiger partial charge in [-0.25, -0.2) is 4.98 Å². The van der Waals surface area contributed by atoms with Crippen LogP contribution >= 0.6 is 0 Å². The van der Waals surface area contributed by atoms with Gasteiger partial charge in [-0.1, -0.05) is 30.3 Å². The van der Waals surface area contributed by atoms with Crippen molar-refractivity contribution in [2.45, 2.75) is 25.8 Å². The van der Waals surface area contributed by atoms with Crippen molar-refractivity contribution in [3.63, 3.8) is 0 Å². The molecule has 0 aliphatic carbocycles. The summed E-state index contributed by atoms with van der Waals surface area (Å²) in [5.74, 6) is 1.74. The lowest BCUT2D eigenvalue weighted by molar-refractivity contribution is 0.440. The minimum absolute atomic E-state index is 0.693. The predicted octanol–water partition coefficient (Wildman–Crippen LogP) is 2.57. The Balaban J connectivity index is 1.78. The summed E-state index contributed by atoms with van der Waals surface area (Å²) < 4.78 is 5.59. The van der Waals surface area contributed by atoms with Crippen molar-refractivity contribution in [3.8, 4) is 0 Å². The Hall–Kier alpha value is -1.61. The lowest BCUT2D eigenvalue weighted by Crippen LogP contribution is -2.04. The molecule has 1 aromatic carbocycles. The number of oxazole rings is 1. The lowest BCUT2D eigenvalue weighted by Gasteiger charge is -1.99. The van der Waals surface area contributed by atoms with Crippen molar-refractivity contribution in [2.75, 3.05) is 7.05 Å². The van der Waals surface area contributed by atoms with E-state index in [1.54, 1.807) is 0 Å². The van der Waals surface area contributed by atoms with Crippen LogP contribution in [0.15, 0.2) is 40.9 Å². The van der Waals surface area contributed by atoms with Crippen molar-refractivity contribution < 1.29 is 4.42 Å². The molecule has 0 aliphatic rings. The van der Waals surface area contributed by atoms with Crippen molar-refractivity contribution in [3.05, 3.63) is 53.7 Å². The molecule has 0 saturated carbocycles. The van der Waals surface area contributed by atoms with Gasteiger partial charge in [0.05, 0.1) is 12.7 Å². The second kappa shape index (κ2) is 6.21. The van der Waals surface area contributed by atoms with Crippen LogP contribution in [0.3, 0.4) is 0 Å². The van der Waals surface area contributed by atoms with E-state index in [-0.39, 0.29) is 0 Å². The smallest absolute Gasteiger partial charge is 0.208 e. The lowest BCUT2D eigenvalue weighted by atomic mass is 10.1. The molecule has 0 aliphatic heterocycles. The van der Waals surface area contributed by atoms with E-state index in [0.717, 1.165) is 30.9 Å². The molecule has 2 rings (SSSR count). The number of nitrogens with one attached hydrogen (secondary N) is 1. The number of aryl methyl sites for hydroxylation is 2. The molecule has 17 heavy (non-hydrogen) atoms. The molecule has 0 bridgehead atoms. The topological polar surface area (TPSA) is 38.1 Å². The van der Waals surface area contributed by atoms with Crippen LogP contribution in [-0.2, 0) is 19.4 Å². The number of aromatic nitrogens is 1. The van der Waals surface area contributed by atoms with Crippen molar-refractivity contribution >= 4 is 0 Å². The van der Waals surface area contributed by atoms with E-state index < -0.39 is 0 Å². The number of hydrogen-bond donors (Lipinski definition) is 1. The Morgan fingerprint density at radius 1 is 1.18 bits per heavy atom. The van der Waals surface area contributed by atoms with E-state index in [1.807, 2.05) is 19.3 Å². The molecule has 2 aromatic rings. The van der Waals surface area contributed by atoms with Crippen LogP contribution in [0.1, 0.15) is 23.6 Å². The fourth-order valence-electron chi connectivity index (χ4n) is 1.81. The second-order valence-corrected chi connectivity index (χ2v) is 4.09. The summed E-state index contributed by atoms with van der Waals surface area (Å²) >= 11 is 0. The standard InChI is InChI=1S/C14H18N2O/c1-15-11-14-16-10-13(17-14)9-5-8-12-6-3-2-4-7-12/h2-4,6-7,10,15H,5,8-9,11H2,1H3. The van der Waals surface area contributed by atoms with E-state index >= 15 is 0 Å². The van der Waals surface area contributed by atoms with Crippen molar-refractivity contribution in [2.24, 2.45) is 0 Å². The molecule has 1 heterocycles. The van der Waals surface area contributed by atoms with Gasteiger partial charge < -0.3 is 9.73 Å². The van der Waals surface area contributed by atoms with Gasteiger partial charge in [0.2, 0.25) is 5.89 Å². The Labute approximate surface area is 102 Å². The third kappa shape index (κ3) is 3.71. The van der Waals surface area contributed by atoms with Crippen LogP contribution in [-0.4, -0.2) is 12.0 Å². The van der Waals surface area contributed by atoms with Gasteiger partial charge in [-0.3, -0.25) is 0 Å². The van der Waals surface area contributed by atoms with Crippen LogP contribution in [0, 0.1) is 0 Å². The summed E-state index contributed by atoms with van der Waals surface area (Å²) in [7, 11) is 1.89. The highest BCUT2D eigenvalue weighted by Gasteiger charge is 2.02. The highest BCUT2D eigenvalue weighted by molar-refractivity contribution is 5.14. The Kier molecular flexibility index (Phi) is 4.33. The van der Waals surface area contributed by atoms with Gasteiger partial charge in [0, 0.05) is 6.42 Å². The van der Waals surface area contributed by atoms with Gasteiger partial charge >= 0.3 is 0 Å². The van der Waals surface area contributed by atoms with Gasteiger partial charge in [-0.15, -0.1) is 0 Å². The first-order valence-corrected chi connectivity index (χ1v) is 6.00. The molecular weight excluding hydrogens is 212 g/mol. The Morgan fingerprint density at radius 3 is 2.76 bits per heavy atom. The maximum absolute atomic E-state index is 5.59. The summed E-state index contributed by atoms with van der Waals surface area (Å²) in [6, 6.07) is 10.5. The average Bonchev–Trinajstić information content (AvgIpc) is 2.79. The highest BCUT2D eigenvalue weighted by Crippen LogP contribution is 2.09. The third-order valence-corrected chi connectivity index (χ3v) is 2.66. The van der Waals surface area contributed by atoms with E-state index in [9.17, 15) is 0 Å². The molecule has 3 heteroatoms. The molecule has 0 unspecified atom stereocenters. The average molecular weight is 230 g/mol. The van der Waals surface area contributed by atoms with E-state index in [1.165, 1.54) is 5.56 Å². The van der Waals surface area contributed by atoms with Gasteiger partial charge in [-0.2, -0.15) is 0 Å². The monoisotopic (exact) mass is 230 g/mol. The Morgan fingerprint density at radius 2 is 2.00 bits per heavy atom. The zero-order valence-electron chi connectivity index (χ0n) is 10.1. The fourth-order valence-corrected chi connectivity index (χ4v) is 1.81. The molecule has 0 fully saturated rings. The number of nitrogens with zero attached hydrogens (tertiary/aromatic N) is 1. The minimum Gasteiger partial charge on any atom is -0.444 e. The van der Waals surface area contributed by atoms with E-state index in [4.69, 9.17) is 4.42 Å². The summed E-state index contributed by atoms with van der Waals surface area (Å²) in [6.45, 7) is 0.693. The first kappa shape index (κ1) is 11.9. The van der Waals surface area contributed by atoms with Crippen LogP contribution < -0.4 is 5.32 Å². The summed E-state index contributed by atoms with van der Waals surface area (Å²) in [6.07, 6.45) is 4.96. The zero-order chi connectivity index (χ0) is 11.9. The van der Waals surface area contributed by atoms with Crippen LogP contribution in [0.25, 0.3) is 0 Å². The van der Waals surface area contributed by atoms with Crippen LogP contribution in [0.2, 0.25) is 0 Å². The minimum atomic E-state index is 0.693. The molecular formula is C14H18N2O. The summed E-state index contributed by atoms with van der Waals surface area (Å²) in [5, 5.41) is 3.02. The fraction of sp³-hybridized carbons (Fsp3) is 0.357. The molecule has 90 valence electrons. The van der Waals surface area contributed by atoms with Crippen molar-refractivity contribution in [1.29, 1.82) is 0 Å². The van der Waals surface area contributed by atoms with E-state index in [2.05, 4.69) is 34.6 Å². The van der Waals surface area contributed by atoms with Gasteiger partial charge in [0.25, 0.3) is 0 Å². The first-order valence-electron chi connectivity index (χ1n) is 6.00. The summed E-state index contributed by atoms with van der Waals surface area (Å²) in [4.78, 5) is 4.20. The third-order valence-electron chi connectivity index (χ3n) is 2.66. The molecule has 0 radical (unpaired) electrons. The molecule has 0 spiro atoms. The molecule has 1 N–H and O–H groups in total. The van der Waals surface area contributed by atoms with Crippen molar-refractivity contribution in [1.82, 2.24) is 10.3 Å². The van der Waals surface area contributed by atoms with E-state index in [0.29, 0.717) is 6.54 Å². The second-order valence-electron chi connectivity index (χ2n) is 4.09. The summed E-state index contributed by atoms with van der Waals surface area (Å²) in [5.41, 5.74) is 1.38. The SMILES string of the molecule is CNCc1ncc(CCCc2ccccc2)o1. The quantitative estimate of drug-likeness (QED) is 0.828. The molecule has 0 amide bonds. The Bertz CT molecular complexity index is 436. The zero-order valence-corrected chi connectivity index (χ0v) is 10.1. The largest absolute Gasteiger partial charge is 0.444 e. The maximum Gasteiger partial charge on any atom is 0.208 e. The van der Waals surface area contributed by atoms with Crippen LogP contribution in [0.5, 0.6) is 0 Å². The predicted molar refractivity (Wildman–Crippen MR) is 67.7 cm³/mol. The molecule has 0 saturated heterocycles.